The highest BCUT2D eigenvalue weighted by Crippen LogP contribution is 2.30. The lowest BCUT2D eigenvalue weighted by Gasteiger charge is -1.98. The average Bonchev–Trinajstić information content (AvgIpc) is 3.10. The monoisotopic (exact) mass is 384 g/mol. The molecule has 0 fully saturated rings. The first kappa shape index (κ1) is 16.6. The van der Waals surface area contributed by atoms with Crippen molar-refractivity contribution in [3.05, 3.63) is 26.6 Å². The molecular weight excluding hydrogens is 372 g/mol. The molecule has 3 aromatic heterocycles. The Morgan fingerprint density at radius 3 is 2.65 bits per heavy atom. The van der Waals surface area contributed by atoms with Gasteiger partial charge < -0.3 is 4.98 Å². The number of fused-ring (bicyclic) bond motifs is 1. The minimum atomic E-state index is -0.200. The molecule has 23 heavy (non-hydrogen) atoms. The maximum atomic E-state index is 12.3. The molecular formula is C13H12N4O2S4. The van der Waals surface area contributed by atoms with Crippen LogP contribution in [0.25, 0.3) is 10.2 Å². The predicted octanol–water partition coefficient (Wildman–Crippen LogP) is 3.36. The lowest BCUT2D eigenvalue weighted by molar-refractivity contribution is 0.102. The van der Waals surface area contributed by atoms with E-state index in [1.54, 1.807) is 18.7 Å². The van der Waals surface area contributed by atoms with Crippen molar-refractivity contribution in [2.45, 2.75) is 28.3 Å². The van der Waals surface area contributed by atoms with Gasteiger partial charge in [0.05, 0.1) is 16.0 Å². The summed E-state index contributed by atoms with van der Waals surface area (Å²) in [5.74, 6) is 1.03. The fourth-order valence-corrected chi connectivity index (χ4v) is 5.46. The van der Waals surface area contributed by atoms with E-state index >= 15 is 0 Å². The van der Waals surface area contributed by atoms with Crippen molar-refractivity contribution >= 4 is 62.2 Å². The zero-order valence-corrected chi connectivity index (χ0v) is 15.8. The minimum Gasteiger partial charge on any atom is -0.309 e. The summed E-state index contributed by atoms with van der Waals surface area (Å²) in [7, 11) is 0. The van der Waals surface area contributed by atoms with Gasteiger partial charge in [0.15, 0.2) is 14.5 Å². The highest BCUT2D eigenvalue weighted by Gasteiger charge is 2.17. The summed E-state index contributed by atoms with van der Waals surface area (Å²) < 4.78 is 1.74. The molecule has 6 nitrogen and oxygen atoms in total. The van der Waals surface area contributed by atoms with Crippen LogP contribution in [0.5, 0.6) is 0 Å². The summed E-state index contributed by atoms with van der Waals surface area (Å²) in [5.41, 5.74) is 0.508. The molecule has 0 radical (unpaired) electrons. The van der Waals surface area contributed by atoms with Crippen LogP contribution in [-0.4, -0.2) is 32.2 Å². The number of thiophene rings is 1. The zero-order chi connectivity index (χ0) is 16.6. The molecule has 0 aliphatic rings. The van der Waals surface area contributed by atoms with Crippen LogP contribution in [0.2, 0.25) is 0 Å². The van der Waals surface area contributed by atoms with E-state index in [0.717, 1.165) is 8.68 Å². The summed E-state index contributed by atoms with van der Waals surface area (Å²) in [6.07, 6.45) is 1.95. The Morgan fingerprint density at radius 2 is 2.00 bits per heavy atom. The molecule has 0 aliphatic carbocycles. The van der Waals surface area contributed by atoms with Gasteiger partial charge in [0.2, 0.25) is 0 Å². The lowest BCUT2D eigenvalue weighted by Crippen LogP contribution is -2.11. The van der Waals surface area contributed by atoms with E-state index in [0.29, 0.717) is 32.2 Å². The summed E-state index contributed by atoms with van der Waals surface area (Å²) in [4.78, 5) is 32.4. The van der Waals surface area contributed by atoms with E-state index in [1.165, 1.54) is 41.4 Å². The van der Waals surface area contributed by atoms with Crippen LogP contribution in [0.15, 0.2) is 13.5 Å². The Bertz CT molecular complexity index is 943. The van der Waals surface area contributed by atoms with Gasteiger partial charge in [0.1, 0.15) is 10.7 Å². The number of ketones is 1. The Morgan fingerprint density at radius 1 is 1.26 bits per heavy atom. The van der Waals surface area contributed by atoms with E-state index in [9.17, 15) is 9.59 Å². The molecule has 0 aliphatic heterocycles. The topological polar surface area (TPSA) is 88.6 Å². The Hall–Kier alpha value is -1.23. The summed E-state index contributed by atoms with van der Waals surface area (Å²) >= 11 is 5.81. The predicted molar refractivity (Wildman–Crippen MR) is 96.2 cm³/mol. The van der Waals surface area contributed by atoms with Crippen molar-refractivity contribution < 1.29 is 4.79 Å². The van der Waals surface area contributed by atoms with Gasteiger partial charge in [-0.2, -0.15) is 0 Å². The second-order valence-corrected chi connectivity index (χ2v) is 8.88. The third-order valence-electron chi connectivity index (χ3n) is 3.06. The summed E-state index contributed by atoms with van der Waals surface area (Å²) in [5, 5.41) is 8.62. The number of aromatic nitrogens is 4. The summed E-state index contributed by atoms with van der Waals surface area (Å²) in [6, 6.07) is 0. The van der Waals surface area contributed by atoms with Crippen molar-refractivity contribution in [3.8, 4) is 0 Å². The van der Waals surface area contributed by atoms with Gasteiger partial charge in [-0.25, -0.2) is 4.98 Å². The van der Waals surface area contributed by atoms with E-state index in [4.69, 9.17) is 0 Å². The standard InChI is InChI=1S/C13H12N4O2S4/c1-5-8-10(19)14-7(15-11(8)22-9(5)6(2)18)4-21-13-17-16-12(20-3)23-13/h4H2,1-3H3,(H,14,15,19). The number of nitrogens with one attached hydrogen (secondary N) is 1. The van der Waals surface area contributed by atoms with Crippen molar-refractivity contribution in [2.75, 3.05) is 6.26 Å². The van der Waals surface area contributed by atoms with Crippen LogP contribution < -0.4 is 5.56 Å². The quantitative estimate of drug-likeness (QED) is 0.533. The van der Waals surface area contributed by atoms with Crippen LogP contribution in [0.3, 0.4) is 0 Å². The first-order valence-electron chi connectivity index (χ1n) is 6.53. The largest absolute Gasteiger partial charge is 0.309 e. The van der Waals surface area contributed by atoms with Gasteiger partial charge in [-0.1, -0.05) is 34.9 Å². The molecule has 0 saturated heterocycles. The van der Waals surface area contributed by atoms with Crippen molar-refractivity contribution in [1.29, 1.82) is 0 Å². The number of rotatable bonds is 5. The zero-order valence-electron chi connectivity index (χ0n) is 12.5. The minimum absolute atomic E-state index is 0.0423. The van der Waals surface area contributed by atoms with Gasteiger partial charge in [-0.15, -0.1) is 21.5 Å². The molecule has 0 amide bonds. The summed E-state index contributed by atoms with van der Waals surface area (Å²) in [6.45, 7) is 3.29. The van der Waals surface area contributed by atoms with Crippen LogP contribution >= 0.6 is 46.2 Å². The normalized spacial score (nSPS) is 11.3. The molecule has 3 heterocycles. The van der Waals surface area contributed by atoms with Crippen molar-refractivity contribution in [2.24, 2.45) is 0 Å². The van der Waals surface area contributed by atoms with Crippen LogP contribution in [0, 0.1) is 6.92 Å². The molecule has 0 atom stereocenters. The van der Waals surface area contributed by atoms with E-state index in [-0.39, 0.29) is 11.3 Å². The number of carbonyl (C=O) groups is 1. The molecule has 0 bridgehead atoms. The Balaban J connectivity index is 1.90. The maximum Gasteiger partial charge on any atom is 0.259 e. The number of H-pyrrole nitrogens is 1. The van der Waals surface area contributed by atoms with Crippen LogP contribution in [0.1, 0.15) is 28.0 Å². The highest BCUT2D eigenvalue weighted by molar-refractivity contribution is 8.02. The number of aryl methyl sites for hydroxylation is 1. The molecule has 0 unspecified atom stereocenters. The molecule has 120 valence electrons. The Labute approximate surface area is 148 Å². The van der Waals surface area contributed by atoms with Gasteiger partial charge >= 0.3 is 0 Å². The third-order valence-corrected chi connectivity index (χ3v) is 7.39. The molecule has 10 heteroatoms. The van der Waals surface area contributed by atoms with E-state index in [1.807, 2.05) is 6.26 Å². The fourth-order valence-electron chi connectivity index (χ4n) is 2.06. The lowest BCUT2D eigenvalue weighted by atomic mass is 10.2. The number of carbonyl (C=O) groups excluding carboxylic acids is 1. The van der Waals surface area contributed by atoms with Crippen molar-refractivity contribution in [1.82, 2.24) is 20.2 Å². The van der Waals surface area contributed by atoms with Gasteiger partial charge in [0.25, 0.3) is 5.56 Å². The van der Waals surface area contributed by atoms with Gasteiger partial charge in [0, 0.05) is 0 Å². The highest BCUT2D eigenvalue weighted by atomic mass is 32.2. The number of hydrogen-bond acceptors (Lipinski definition) is 9. The molecule has 3 aromatic rings. The first-order valence-corrected chi connectivity index (χ1v) is 10.4. The second-order valence-electron chi connectivity index (χ2n) is 4.63. The maximum absolute atomic E-state index is 12.3. The van der Waals surface area contributed by atoms with Gasteiger partial charge in [-0.05, 0) is 25.7 Å². The third kappa shape index (κ3) is 3.35. The Kier molecular flexibility index (Phi) is 4.85. The molecule has 3 rings (SSSR count). The van der Waals surface area contributed by atoms with E-state index < -0.39 is 0 Å². The van der Waals surface area contributed by atoms with E-state index in [2.05, 4.69) is 20.2 Å². The second kappa shape index (κ2) is 6.71. The van der Waals surface area contributed by atoms with Gasteiger partial charge in [-0.3, -0.25) is 9.59 Å². The van der Waals surface area contributed by atoms with Crippen LogP contribution in [0.4, 0.5) is 0 Å². The van der Waals surface area contributed by atoms with Crippen LogP contribution in [-0.2, 0) is 5.75 Å². The first-order chi connectivity index (χ1) is 11.0. The molecule has 0 spiro atoms. The number of aromatic amines is 1. The molecule has 0 saturated carbocycles. The number of nitrogens with zero attached hydrogens (tertiary/aromatic N) is 3. The molecule has 0 aromatic carbocycles. The number of thioether (sulfide) groups is 2. The number of hydrogen-bond donors (Lipinski definition) is 1. The fraction of sp³-hybridized carbons (Fsp3) is 0.308. The number of Topliss-reactive ketones (excluding diaryl/α,β-unsaturated/α-hetero) is 1. The molecule has 1 N–H and O–H groups in total. The van der Waals surface area contributed by atoms with Crippen molar-refractivity contribution in [3.63, 3.8) is 0 Å². The SMILES string of the molecule is CSc1nnc(SCc2nc3sc(C(C)=O)c(C)c3c(=O)[nH]2)s1. The smallest absolute Gasteiger partial charge is 0.259 e. The average molecular weight is 385 g/mol.